The van der Waals surface area contributed by atoms with Crippen LogP contribution in [0.2, 0.25) is 0 Å². The van der Waals surface area contributed by atoms with E-state index in [-0.39, 0.29) is 5.41 Å². The van der Waals surface area contributed by atoms with Gasteiger partial charge in [0.05, 0.1) is 37.0 Å². The number of rotatable bonds is 4. The fraction of sp³-hybridized carbons (Fsp3) is 0.333. The van der Waals surface area contributed by atoms with Crippen LogP contribution in [0.15, 0.2) is 36.7 Å². The lowest BCUT2D eigenvalue weighted by atomic mass is 9.89. The molecule has 2 aromatic heterocycles. The number of benzene rings is 1. The van der Waals surface area contributed by atoms with E-state index in [9.17, 15) is 13.2 Å². The van der Waals surface area contributed by atoms with Crippen molar-refractivity contribution in [1.82, 2.24) is 14.8 Å². The average Bonchev–Trinajstić information content (AvgIpc) is 2.95. The van der Waals surface area contributed by atoms with E-state index in [1.807, 2.05) is 10.7 Å². The van der Waals surface area contributed by atoms with Crippen molar-refractivity contribution >= 4 is 11.0 Å². The first-order chi connectivity index (χ1) is 12.0. The fourth-order valence-corrected chi connectivity index (χ4v) is 3.03. The second-order valence-electron chi connectivity index (χ2n) is 6.77. The van der Waals surface area contributed by atoms with Crippen LogP contribution in [-0.2, 0) is 11.3 Å². The van der Waals surface area contributed by atoms with Crippen molar-refractivity contribution in [3.05, 3.63) is 48.0 Å². The molecule has 1 aliphatic rings. The van der Waals surface area contributed by atoms with Crippen LogP contribution in [-0.4, -0.2) is 28.0 Å². The molecule has 1 saturated heterocycles. The van der Waals surface area contributed by atoms with Gasteiger partial charge in [-0.3, -0.25) is 9.67 Å². The largest absolute Gasteiger partial charge is 0.380 e. The van der Waals surface area contributed by atoms with Crippen LogP contribution in [0, 0.1) is 11.2 Å². The van der Waals surface area contributed by atoms with E-state index in [1.54, 1.807) is 12.4 Å². The maximum atomic E-state index is 13.5. The van der Waals surface area contributed by atoms with Gasteiger partial charge in [0.1, 0.15) is 11.3 Å². The molecule has 0 unspecified atom stereocenters. The summed E-state index contributed by atoms with van der Waals surface area (Å²) < 4.78 is 46.5. The standard InChI is InChI=1S/C18H16F3N3O/c1-18(9-25-10-18)8-24-16-5-12(6-22-15(16)7-23-24)11-2-3-14(19)13(4-11)17(20)21/h2-7,17H,8-10H2,1H3. The minimum Gasteiger partial charge on any atom is -0.380 e. The molecular formula is C18H16F3N3O. The molecule has 3 heterocycles. The Hall–Kier alpha value is -2.41. The molecule has 1 aromatic carbocycles. The van der Waals surface area contributed by atoms with Gasteiger partial charge in [-0.1, -0.05) is 13.0 Å². The molecule has 1 aliphatic heterocycles. The SMILES string of the molecule is CC1(Cn2ncc3ncc(-c4ccc(F)c(C(F)F)c4)cc32)COC1. The molecule has 0 aliphatic carbocycles. The molecule has 25 heavy (non-hydrogen) atoms. The predicted molar refractivity (Wildman–Crippen MR) is 86.8 cm³/mol. The maximum absolute atomic E-state index is 13.5. The van der Waals surface area contributed by atoms with Gasteiger partial charge in [-0.2, -0.15) is 5.10 Å². The zero-order valence-corrected chi connectivity index (χ0v) is 13.5. The molecule has 0 spiro atoms. The number of fused-ring (bicyclic) bond motifs is 1. The normalized spacial score (nSPS) is 16.4. The molecule has 1 fully saturated rings. The monoisotopic (exact) mass is 347 g/mol. The first-order valence-electron chi connectivity index (χ1n) is 7.92. The van der Waals surface area contributed by atoms with Crippen molar-refractivity contribution in [3.63, 3.8) is 0 Å². The van der Waals surface area contributed by atoms with Crippen LogP contribution in [0.25, 0.3) is 22.2 Å². The van der Waals surface area contributed by atoms with Gasteiger partial charge in [0, 0.05) is 17.2 Å². The van der Waals surface area contributed by atoms with Crippen LogP contribution in [0.5, 0.6) is 0 Å². The van der Waals surface area contributed by atoms with Gasteiger partial charge in [-0.25, -0.2) is 13.2 Å². The number of nitrogens with zero attached hydrogens (tertiary/aromatic N) is 3. The summed E-state index contributed by atoms with van der Waals surface area (Å²) in [6.07, 6.45) is 0.406. The Morgan fingerprint density at radius 2 is 2.00 bits per heavy atom. The summed E-state index contributed by atoms with van der Waals surface area (Å²) in [6, 6.07) is 5.56. The summed E-state index contributed by atoms with van der Waals surface area (Å²) in [5.41, 5.74) is 2.11. The molecule has 130 valence electrons. The lowest BCUT2D eigenvalue weighted by Gasteiger charge is -2.37. The lowest BCUT2D eigenvalue weighted by molar-refractivity contribution is -0.111. The highest BCUT2D eigenvalue weighted by Crippen LogP contribution is 2.32. The molecule has 0 amide bonds. The molecule has 0 atom stereocenters. The first-order valence-corrected chi connectivity index (χ1v) is 7.92. The highest BCUT2D eigenvalue weighted by atomic mass is 19.3. The summed E-state index contributed by atoms with van der Waals surface area (Å²) in [5.74, 6) is -0.907. The number of ether oxygens (including phenoxy) is 1. The summed E-state index contributed by atoms with van der Waals surface area (Å²) in [4.78, 5) is 4.35. The Bertz CT molecular complexity index is 934. The van der Waals surface area contributed by atoms with E-state index >= 15 is 0 Å². The Morgan fingerprint density at radius 3 is 2.68 bits per heavy atom. The van der Waals surface area contributed by atoms with E-state index in [0.717, 1.165) is 17.1 Å². The molecule has 0 N–H and O–H groups in total. The van der Waals surface area contributed by atoms with Crippen molar-refractivity contribution in [3.8, 4) is 11.1 Å². The number of halogens is 3. The minimum absolute atomic E-state index is 0.0354. The molecule has 7 heteroatoms. The summed E-state index contributed by atoms with van der Waals surface area (Å²) >= 11 is 0. The van der Waals surface area contributed by atoms with Gasteiger partial charge in [-0.15, -0.1) is 0 Å². The van der Waals surface area contributed by atoms with Gasteiger partial charge in [-0.05, 0) is 23.8 Å². The highest BCUT2D eigenvalue weighted by molar-refractivity contribution is 5.80. The average molecular weight is 347 g/mol. The topological polar surface area (TPSA) is 39.9 Å². The van der Waals surface area contributed by atoms with Crippen LogP contribution in [0.1, 0.15) is 18.9 Å². The van der Waals surface area contributed by atoms with Crippen molar-refractivity contribution in [2.45, 2.75) is 19.9 Å². The van der Waals surface area contributed by atoms with E-state index in [2.05, 4.69) is 17.0 Å². The quantitative estimate of drug-likeness (QED) is 0.710. The third kappa shape index (κ3) is 2.89. The number of pyridine rings is 1. The molecule has 0 radical (unpaired) electrons. The summed E-state index contributed by atoms with van der Waals surface area (Å²) in [6.45, 7) is 4.16. The predicted octanol–water partition coefficient (Wildman–Crippen LogP) is 4.21. The smallest absolute Gasteiger partial charge is 0.266 e. The molecular weight excluding hydrogens is 331 g/mol. The van der Waals surface area contributed by atoms with Crippen molar-refractivity contribution < 1.29 is 17.9 Å². The summed E-state index contributed by atoms with van der Waals surface area (Å²) in [5, 5.41) is 4.38. The van der Waals surface area contributed by atoms with Crippen LogP contribution >= 0.6 is 0 Å². The van der Waals surface area contributed by atoms with Gasteiger partial charge in [0.2, 0.25) is 0 Å². The number of hydrogen-bond donors (Lipinski definition) is 0. The van der Waals surface area contributed by atoms with Gasteiger partial charge < -0.3 is 4.74 Å². The molecule has 4 nitrogen and oxygen atoms in total. The van der Waals surface area contributed by atoms with E-state index in [0.29, 0.717) is 30.9 Å². The first kappa shape index (κ1) is 16.1. The van der Waals surface area contributed by atoms with E-state index in [1.165, 1.54) is 12.1 Å². The number of aromatic nitrogens is 3. The Labute approximate surface area is 142 Å². The molecule has 3 aromatic rings. The van der Waals surface area contributed by atoms with E-state index < -0.39 is 17.8 Å². The summed E-state index contributed by atoms with van der Waals surface area (Å²) in [7, 11) is 0. The lowest BCUT2D eigenvalue weighted by Crippen LogP contribution is -2.43. The van der Waals surface area contributed by atoms with Crippen LogP contribution in [0.3, 0.4) is 0 Å². The van der Waals surface area contributed by atoms with Crippen molar-refractivity contribution in [2.75, 3.05) is 13.2 Å². The van der Waals surface area contributed by atoms with E-state index in [4.69, 9.17) is 4.74 Å². The van der Waals surface area contributed by atoms with Gasteiger partial charge >= 0.3 is 0 Å². The molecule has 4 rings (SSSR count). The second kappa shape index (κ2) is 5.84. The second-order valence-corrected chi connectivity index (χ2v) is 6.77. The van der Waals surface area contributed by atoms with Crippen LogP contribution < -0.4 is 0 Å². The van der Waals surface area contributed by atoms with Crippen LogP contribution in [0.4, 0.5) is 13.2 Å². The minimum atomic E-state index is -2.86. The zero-order chi connectivity index (χ0) is 17.6. The van der Waals surface area contributed by atoms with Gasteiger partial charge in [0.25, 0.3) is 6.43 Å². The Balaban J connectivity index is 1.74. The molecule has 0 saturated carbocycles. The Morgan fingerprint density at radius 1 is 1.20 bits per heavy atom. The number of hydrogen-bond acceptors (Lipinski definition) is 3. The highest BCUT2D eigenvalue weighted by Gasteiger charge is 2.34. The zero-order valence-electron chi connectivity index (χ0n) is 13.5. The Kier molecular flexibility index (Phi) is 3.76. The molecule has 0 bridgehead atoms. The third-order valence-corrected chi connectivity index (χ3v) is 4.49. The number of alkyl halides is 2. The fourth-order valence-electron chi connectivity index (χ4n) is 3.03. The van der Waals surface area contributed by atoms with Crippen molar-refractivity contribution in [2.24, 2.45) is 5.41 Å². The van der Waals surface area contributed by atoms with Crippen molar-refractivity contribution in [1.29, 1.82) is 0 Å². The third-order valence-electron chi connectivity index (χ3n) is 4.49. The van der Waals surface area contributed by atoms with Gasteiger partial charge in [0.15, 0.2) is 0 Å². The maximum Gasteiger partial charge on any atom is 0.266 e.